The molecule has 3 aromatic heterocycles. The Morgan fingerprint density at radius 3 is 2.57 bits per heavy atom. The molecule has 2 amide bonds. The van der Waals surface area contributed by atoms with Gasteiger partial charge in [-0.05, 0) is 37.6 Å². The summed E-state index contributed by atoms with van der Waals surface area (Å²) in [6, 6.07) is 14.7. The third kappa shape index (κ3) is 4.89. The van der Waals surface area contributed by atoms with E-state index in [4.69, 9.17) is 8.94 Å². The summed E-state index contributed by atoms with van der Waals surface area (Å²) in [7, 11) is 0. The predicted molar refractivity (Wildman–Crippen MR) is 131 cm³/mol. The van der Waals surface area contributed by atoms with Gasteiger partial charge in [-0.1, -0.05) is 35.5 Å². The fraction of sp³-hybridized carbons (Fsp3) is 0.280. The number of nitrogens with one attached hydrogen (secondary N) is 1. The number of piperazine rings is 1. The molecule has 1 fully saturated rings. The maximum Gasteiger partial charge on any atom is 0.291 e. The zero-order valence-electron chi connectivity index (χ0n) is 19.4. The number of furan rings is 1. The molecule has 0 spiro atoms. The molecule has 5 rings (SSSR count). The lowest BCUT2D eigenvalue weighted by molar-refractivity contribution is 0.0555. The Hall–Kier alpha value is -3.76. The van der Waals surface area contributed by atoms with E-state index in [1.807, 2.05) is 55.1 Å². The highest BCUT2D eigenvalue weighted by Crippen LogP contribution is 2.29. The van der Waals surface area contributed by atoms with Gasteiger partial charge in [-0.25, -0.2) is 0 Å². The molecule has 35 heavy (non-hydrogen) atoms. The van der Waals surface area contributed by atoms with Crippen molar-refractivity contribution in [3.05, 3.63) is 76.9 Å². The van der Waals surface area contributed by atoms with Crippen LogP contribution >= 0.6 is 11.3 Å². The monoisotopic (exact) mass is 491 g/mol. The summed E-state index contributed by atoms with van der Waals surface area (Å²) in [5, 5.41) is 7.54. The molecule has 1 aromatic carbocycles. The number of aromatic nitrogens is 2. The number of hydrogen-bond acceptors (Lipinski definition) is 8. The number of hydrogen-bond donors (Lipinski definition) is 1. The van der Waals surface area contributed by atoms with Gasteiger partial charge in [0.1, 0.15) is 0 Å². The Bertz CT molecular complexity index is 1310. The van der Waals surface area contributed by atoms with Gasteiger partial charge >= 0.3 is 0 Å². The van der Waals surface area contributed by atoms with Crippen molar-refractivity contribution in [1.82, 2.24) is 19.9 Å². The summed E-state index contributed by atoms with van der Waals surface area (Å²) in [5.41, 5.74) is 1.75. The maximum absolute atomic E-state index is 13.2. The smallest absolute Gasteiger partial charge is 0.291 e. The lowest BCUT2D eigenvalue weighted by atomic mass is 10.2. The van der Waals surface area contributed by atoms with E-state index >= 15 is 0 Å². The number of rotatable bonds is 6. The van der Waals surface area contributed by atoms with E-state index in [2.05, 4.69) is 20.4 Å². The number of anilines is 1. The van der Waals surface area contributed by atoms with Gasteiger partial charge in [0.25, 0.3) is 11.8 Å². The first-order valence-electron chi connectivity index (χ1n) is 11.4. The summed E-state index contributed by atoms with van der Waals surface area (Å²) in [6.07, 6.45) is 1.45. The average molecular weight is 492 g/mol. The molecule has 0 aliphatic carbocycles. The Labute approximate surface area is 206 Å². The highest BCUT2D eigenvalue weighted by Gasteiger charge is 2.29. The third-order valence-corrected chi connectivity index (χ3v) is 7.21. The fourth-order valence-corrected chi connectivity index (χ4v) is 5.09. The van der Waals surface area contributed by atoms with Crippen LogP contribution in [0.3, 0.4) is 0 Å². The van der Waals surface area contributed by atoms with Crippen LogP contribution in [0.5, 0.6) is 0 Å². The first-order chi connectivity index (χ1) is 17.0. The molecule has 9 nitrogen and oxygen atoms in total. The van der Waals surface area contributed by atoms with Gasteiger partial charge in [-0.15, -0.1) is 11.3 Å². The second kappa shape index (κ2) is 9.85. The Kier molecular flexibility index (Phi) is 6.47. The molecular formula is C25H25N5O4S. The van der Waals surface area contributed by atoms with Crippen LogP contribution in [0.4, 0.5) is 5.00 Å². The third-order valence-electron chi connectivity index (χ3n) is 6.07. The van der Waals surface area contributed by atoms with E-state index in [9.17, 15) is 9.59 Å². The molecule has 1 atom stereocenters. The average Bonchev–Trinajstić information content (AvgIpc) is 3.65. The van der Waals surface area contributed by atoms with Crippen molar-refractivity contribution in [2.45, 2.75) is 19.9 Å². The van der Waals surface area contributed by atoms with Crippen molar-refractivity contribution in [2.75, 3.05) is 31.5 Å². The Morgan fingerprint density at radius 2 is 1.86 bits per heavy atom. The van der Waals surface area contributed by atoms with Crippen molar-refractivity contribution in [2.24, 2.45) is 0 Å². The van der Waals surface area contributed by atoms with E-state index in [1.165, 1.54) is 17.6 Å². The normalized spacial score (nSPS) is 15.2. The number of nitrogens with zero attached hydrogens (tertiary/aromatic N) is 4. The van der Waals surface area contributed by atoms with E-state index in [-0.39, 0.29) is 23.6 Å². The molecule has 1 aliphatic heterocycles. The van der Waals surface area contributed by atoms with Crippen LogP contribution in [-0.2, 0) is 0 Å². The van der Waals surface area contributed by atoms with Crippen molar-refractivity contribution < 1.29 is 18.5 Å². The van der Waals surface area contributed by atoms with Crippen LogP contribution in [0.2, 0.25) is 0 Å². The number of aryl methyl sites for hydroxylation is 1. The van der Waals surface area contributed by atoms with Crippen molar-refractivity contribution in [3.63, 3.8) is 0 Å². The number of benzene rings is 1. The summed E-state index contributed by atoms with van der Waals surface area (Å²) in [6.45, 7) is 6.50. The summed E-state index contributed by atoms with van der Waals surface area (Å²) < 4.78 is 10.7. The van der Waals surface area contributed by atoms with Crippen LogP contribution in [0.15, 0.2) is 63.7 Å². The van der Waals surface area contributed by atoms with Gasteiger partial charge in [-0.3, -0.25) is 14.5 Å². The van der Waals surface area contributed by atoms with Gasteiger partial charge in [0.15, 0.2) is 5.76 Å². The predicted octanol–water partition coefficient (Wildman–Crippen LogP) is 4.47. The molecule has 1 saturated heterocycles. The summed E-state index contributed by atoms with van der Waals surface area (Å²) in [4.78, 5) is 34.7. The second-order valence-electron chi connectivity index (χ2n) is 8.38. The standard InChI is InChI=1S/C25H25N5O4S/c1-16-15-20(26-23(31)19-9-6-14-33-19)35-21(16)25(32)30-12-10-29(11-13-30)17(2)24-27-22(28-34-24)18-7-4-3-5-8-18/h3-9,14-15,17H,10-13H2,1-2H3,(H,26,31). The van der Waals surface area contributed by atoms with Gasteiger partial charge in [0, 0.05) is 31.7 Å². The molecule has 0 radical (unpaired) electrons. The van der Waals surface area contributed by atoms with Gasteiger partial charge in [0.05, 0.1) is 22.2 Å². The molecule has 4 aromatic rings. The first kappa shape index (κ1) is 23.0. The molecule has 10 heteroatoms. The zero-order valence-corrected chi connectivity index (χ0v) is 20.2. The van der Waals surface area contributed by atoms with E-state index in [0.717, 1.165) is 11.1 Å². The zero-order chi connectivity index (χ0) is 24.4. The van der Waals surface area contributed by atoms with Crippen LogP contribution in [0.25, 0.3) is 11.4 Å². The quantitative estimate of drug-likeness (QED) is 0.424. The summed E-state index contributed by atoms with van der Waals surface area (Å²) in [5.74, 6) is 1.00. The Balaban J connectivity index is 1.19. The molecular weight excluding hydrogens is 466 g/mol. The number of amides is 2. The topological polar surface area (TPSA) is 105 Å². The number of carbonyl (C=O) groups excluding carboxylic acids is 2. The number of thiophene rings is 1. The molecule has 0 saturated carbocycles. The lowest BCUT2D eigenvalue weighted by Gasteiger charge is -2.36. The van der Waals surface area contributed by atoms with Crippen LogP contribution in [0, 0.1) is 6.92 Å². The number of carbonyl (C=O) groups is 2. The molecule has 1 unspecified atom stereocenters. The minimum absolute atomic E-state index is 0.0255. The molecule has 1 N–H and O–H groups in total. The SMILES string of the molecule is Cc1cc(NC(=O)c2ccco2)sc1C(=O)N1CCN(C(C)c2nc(-c3ccccc3)no2)CC1. The highest BCUT2D eigenvalue weighted by atomic mass is 32.1. The first-order valence-corrected chi connectivity index (χ1v) is 12.2. The second-order valence-corrected chi connectivity index (χ2v) is 9.43. The van der Waals surface area contributed by atoms with Crippen LogP contribution in [-0.4, -0.2) is 57.9 Å². The molecule has 1 aliphatic rings. The van der Waals surface area contributed by atoms with Crippen molar-refractivity contribution >= 4 is 28.2 Å². The largest absolute Gasteiger partial charge is 0.459 e. The molecule has 180 valence electrons. The fourth-order valence-electron chi connectivity index (χ4n) is 4.06. The maximum atomic E-state index is 13.2. The summed E-state index contributed by atoms with van der Waals surface area (Å²) >= 11 is 1.28. The Morgan fingerprint density at radius 1 is 1.09 bits per heavy atom. The van der Waals surface area contributed by atoms with Gasteiger partial charge < -0.3 is 19.2 Å². The molecule has 0 bridgehead atoms. The van der Waals surface area contributed by atoms with E-state index < -0.39 is 0 Å². The van der Waals surface area contributed by atoms with Gasteiger partial charge in [-0.2, -0.15) is 4.98 Å². The van der Waals surface area contributed by atoms with Crippen LogP contribution in [0.1, 0.15) is 44.6 Å². The minimum Gasteiger partial charge on any atom is -0.459 e. The van der Waals surface area contributed by atoms with Crippen molar-refractivity contribution in [3.8, 4) is 11.4 Å². The minimum atomic E-state index is -0.339. The van der Waals surface area contributed by atoms with Crippen molar-refractivity contribution in [1.29, 1.82) is 0 Å². The van der Waals surface area contributed by atoms with E-state index in [1.54, 1.807) is 12.1 Å². The van der Waals surface area contributed by atoms with E-state index in [0.29, 0.717) is 47.8 Å². The molecule has 4 heterocycles. The van der Waals surface area contributed by atoms with Crippen LogP contribution < -0.4 is 5.32 Å². The lowest BCUT2D eigenvalue weighted by Crippen LogP contribution is -2.49. The highest BCUT2D eigenvalue weighted by molar-refractivity contribution is 7.18. The van der Waals surface area contributed by atoms with Gasteiger partial charge in [0.2, 0.25) is 11.7 Å².